The van der Waals surface area contributed by atoms with E-state index in [0.29, 0.717) is 24.3 Å². The molecule has 3 aromatic rings. The van der Waals surface area contributed by atoms with Gasteiger partial charge >= 0.3 is 0 Å². The van der Waals surface area contributed by atoms with Gasteiger partial charge in [-0.05, 0) is 43.2 Å². The third kappa shape index (κ3) is 8.00. The molecule has 172 valence electrons. The molecular formula is C20H21ClFN4O5S-. The van der Waals surface area contributed by atoms with E-state index in [1.807, 2.05) is 18.2 Å². The summed E-state index contributed by atoms with van der Waals surface area (Å²) in [6.07, 6.45) is 2.53. The van der Waals surface area contributed by atoms with Gasteiger partial charge in [-0.3, -0.25) is 14.2 Å². The second-order valence-corrected chi connectivity index (χ2v) is 7.78. The molecule has 0 aliphatic carbocycles. The van der Waals surface area contributed by atoms with Gasteiger partial charge in [0.15, 0.2) is 0 Å². The number of unbranched alkanes of at least 4 members (excludes halogenated alkanes) is 1. The fraction of sp³-hybridized carbons (Fsp3) is 0.250. The number of hydrogen-bond acceptors (Lipinski definition) is 8. The molecule has 0 radical (unpaired) electrons. The van der Waals surface area contributed by atoms with Crippen LogP contribution >= 0.6 is 11.6 Å². The van der Waals surface area contributed by atoms with E-state index in [4.69, 9.17) is 21.5 Å². The Kier molecular flexibility index (Phi) is 10.2. The van der Waals surface area contributed by atoms with Crippen LogP contribution in [0.4, 0.5) is 15.9 Å². The number of hydroxylamine groups is 1. The van der Waals surface area contributed by atoms with Gasteiger partial charge in [0.1, 0.15) is 23.7 Å². The number of methoxy groups -OCH3 is 1. The van der Waals surface area contributed by atoms with Crippen LogP contribution in [0.5, 0.6) is 5.75 Å². The van der Waals surface area contributed by atoms with Gasteiger partial charge in [0.2, 0.25) is 5.91 Å². The van der Waals surface area contributed by atoms with E-state index in [2.05, 4.69) is 15.3 Å². The first-order chi connectivity index (χ1) is 15.3. The topological polar surface area (TPSA) is 136 Å². The Labute approximate surface area is 191 Å². The van der Waals surface area contributed by atoms with Gasteiger partial charge in [-0.1, -0.05) is 22.7 Å². The molecule has 9 nitrogen and oxygen atoms in total. The Morgan fingerprint density at radius 3 is 2.69 bits per heavy atom. The van der Waals surface area contributed by atoms with Crippen LogP contribution in [-0.2, 0) is 15.9 Å². The monoisotopic (exact) mass is 483 g/mol. The first-order valence-corrected chi connectivity index (χ1v) is 11.0. The molecule has 3 N–H and O–H groups in total. The van der Waals surface area contributed by atoms with Crippen LogP contribution in [-0.4, -0.2) is 42.7 Å². The molecular weight excluding hydrogens is 463 g/mol. The average Bonchev–Trinajstić information content (AvgIpc) is 2.79. The van der Waals surface area contributed by atoms with Crippen LogP contribution in [0.2, 0.25) is 5.02 Å². The van der Waals surface area contributed by atoms with Gasteiger partial charge in [-0.25, -0.2) is 19.8 Å². The van der Waals surface area contributed by atoms with Crippen molar-refractivity contribution in [2.75, 3.05) is 18.2 Å². The highest BCUT2D eigenvalue weighted by Crippen LogP contribution is 2.27. The Bertz CT molecular complexity index is 1090. The lowest BCUT2D eigenvalue weighted by Crippen LogP contribution is -2.18. The van der Waals surface area contributed by atoms with Gasteiger partial charge < -0.3 is 14.6 Å². The van der Waals surface area contributed by atoms with Gasteiger partial charge in [-0.2, -0.15) is 0 Å². The summed E-state index contributed by atoms with van der Waals surface area (Å²) in [4.78, 5) is 18.8. The van der Waals surface area contributed by atoms with Crippen molar-refractivity contribution < 1.29 is 27.9 Å². The van der Waals surface area contributed by atoms with E-state index in [0.717, 1.165) is 16.7 Å². The van der Waals surface area contributed by atoms with Crippen molar-refractivity contribution in [2.24, 2.45) is 0 Å². The number of nitrogens with one attached hydrogen (secondary N) is 2. The number of hydrogen-bond donors (Lipinski definition) is 3. The molecule has 2 aromatic carbocycles. The molecule has 0 aliphatic rings. The number of fused-ring (bicyclic) bond motifs is 1. The minimum Gasteiger partial charge on any atom is -0.772 e. The minimum atomic E-state index is -2.03. The number of ether oxygens (including phenoxy) is 1. The number of benzene rings is 2. The normalized spacial score (nSPS) is 11.3. The van der Waals surface area contributed by atoms with Crippen molar-refractivity contribution in [3.63, 3.8) is 0 Å². The van der Waals surface area contributed by atoms with Crippen LogP contribution in [0.1, 0.15) is 19.3 Å². The minimum absolute atomic E-state index is 0.0556. The summed E-state index contributed by atoms with van der Waals surface area (Å²) in [6, 6.07) is 9.92. The van der Waals surface area contributed by atoms with Crippen LogP contribution in [0.3, 0.4) is 0 Å². The summed E-state index contributed by atoms with van der Waals surface area (Å²) in [7, 11) is 1.60. The smallest absolute Gasteiger partial charge is 0.243 e. The second kappa shape index (κ2) is 12.9. The van der Waals surface area contributed by atoms with E-state index >= 15 is 0 Å². The quantitative estimate of drug-likeness (QED) is 0.191. The Morgan fingerprint density at radius 2 is 2.03 bits per heavy atom. The summed E-state index contributed by atoms with van der Waals surface area (Å²) in [5, 5.41) is 12.0. The Balaban J connectivity index is 0.000000282. The molecule has 32 heavy (non-hydrogen) atoms. The third-order valence-electron chi connectivity index (χ3n) is 4.12. The first kappa shape index (κ1) is 25.4. The predicted octanol–water partition coefficient (Wildman–Crippen LogP) is 3.72. The fourth-order valence-electron chi connectivity index (χ4n) is 2.54. The molecule has 12 heteroatoms. The SMILES string of the molecule is COc1ccc2c(Nc3ccc(F)c(Cl)c3)ncnc2c1.O=C(CCCCS(=O)[O-])NO. The largest absolute Gasteiger partial charge is 0.772 e. The van der Waals surface area contributed by atoms with Crippen LogP contribution in [0, 0.1) is 5.82 Å². The number of anilines is 2. The molecule has 0 fully saturated rings. The van der Waals surface area contributed by atoms with E-state index in [-0.39, 0.29) is 17.2 Å². The van der Waals surface area contributed by atoms with Crippen molar-refractivity contribution >= 4 is 51.0 Å². The van der Waals surface area contributed by atoms with Crippen molar-refractivity contribution in [1.29, 1.82) is 0 Å². The number of halogens is 2. The molecule has 0 aliphatic heterocycles. The zero-order valence-electron chi connectivity index (χ0n) is 17.0. The first-order valence-electron chi connectivity index (χ1n) is 9.33. The summed E-state index contributed by atoms with van der Waals surface area (Å²) >= 11 is 3.75. The maximum Gasteiger partial charge on any atom is 0.243 e. The summed E-state index contributed by atoms with van der Waals surface area (Å²) in [5.41, 5.74) is 2.86. The fourth-order valence-corrected chi connectivity index (χ4v) is 3.16. The van der Waals surface area contributed by atoms with Crippen molar-refractivity contribution in [2.45, 2.75) is 19.3 Å². The lowest BCUT2D eigenvalue weighted by atomic mass is 10.2. The number of amides is 1. The average molecular weight is 484 g/mol. The van der Waals surface area contributed by atoms with Gasteiger partial charge in [-0.15, -0.1) is 0 Å². The molecule has 0 bridgehead atoms. The molecule has 0 spiro atoms. The van der Waals surface area contributed by atoms with Crippen LogP contribution in [0.15, 0.2) is 42.7 Å². The number of carbonyl (C=O) groups excluding carboxylic acids is 1. The molecule has 1 atom stereocenters. The van der Waals surface area contributed by atoms with Crippen LogP contribution in [0.25, 0.3) is 10.9 Å². The zero-order valence-corrected chi connectivity index (χ0v) is 18.6. The number of rotatable bonds is 8. The van der Waals surface area contributed by atoms with E-state index in [9.17, 15) is 17.9 Å². The van der Waals surface area contributed by atoms with Crippen molar-refractivity contribution in [1.82, 2.24) is 15.4 Å². The highest BCUT2D eigenvalue weighted by molar-refractivity contribution is 7.79. The molecule has 3 rings (SSSR count). The molecule has 0 saturated carbocycles. The predicted molar refractivity (Wildman–Crippen MR) is 118 cm³/mol. The van der Waals surface area contributed by atoms with Crippen molar-refractivity contribution in [3.8, 4) is 5.75 Å². The summed E-state index contributed by atoms with van der Waals surface area (Å²) in [5.74, 6) is 0.460. The number of carbonyl (C=O) groups is 1. The number of aromatic nitrogens is 2. The summed E-state index contributed by atoms with van der Waals surface area (Å²) < 4.78 is 38.3. The van der Waals surface area contributed by atoms with E-state index in [1.54, 1.807) is 13.2 Å². The second-order valence-electron chi connectivity index (χ2n) is 6.36. The Hall–Kier alpha value is -2.86. The molecule has 1 heterocycles. The van der Waals surface area contributed by atoms with E-state index in [1.165, 1.54) is 23.9 Å². The summed E-state index contributed by atoms with van der Waals surface area (Å²) in [6.45, 7) is 0. The van der Waals surface area contributed by atoms with Crippen LogP contribution < -0.4 is 15.5 Å². The molecule has 1 amide bonds. The van der Waals surface area contributed by atoms with Gasteiger partial charge in [0, 0.05) is 29.3 Å². The zero-order chi connectivity index (χ0) is 23.5. The Morgan fingerprint density at radius 1 is 1.25 bits per heavy atom. The lowest BCUT2D eigenvalue weighted by molar-refractivity contribution is -0.129. The number of nitrogens with zero attached hydrogens (tertiary/aromatic N) is 2. The lowest BCUT2D eigenvalue weighted by Gasteiger charge is -2.09. The molecule has 0 saturated heterocycles. The molecule has 1 unspecified atom stereocenters. The highest BCUT2D eigenvalue weighted by atomic mass is 35.5. The van der Waals surface area contributed by atoms with E-state index < -0.39 is 22.8 Å². The third-order valence-corrected chi connectivity index (χ3v) is 5.03. The van der Waals surface area contributed by atoms with Gasteiger partial charge in [0.05, 0.1) is 17.6 Å². The van der Waals surface area contributed by atoms with Gasteiger partial charge in [0.25, 0.3) is 0 Å². The standard InChI is InChI=1S/C15H11ClFN3O.C5H11NO4S/c1-21-10-3-4-11-14(7-10)18-8-19-15(11)20-9-2-5-13(17)12(16)6-9;7-5(6-8)3-1-2-4-11(9)10/h2-8H,1H3,(H,18,19,20);8H,1-4H2,(H,6,7)(H,9,10)/p-1. The van der Waals surface area contributed by atoms with Crippen molar-refractivity contribution in [3.05, 3.63) is 53.6 Å². The molecule has 1 aromatic heterocycles. The maximum absolute atomic E-state index is 13.2. The maximum atomic E-state index is 13.2. The highest BCUT2D eigenvalue weighted by Gasteiger charge is 2.07.